The van der Waals surface area contributed by atoms with Gasteiger partial charge in [0.2, 0.25) is 0 Å². The van der Waals surface area contributed by atoms with E-state index in [2.05, 4.69) is 0 Å². The van der Waals surface area contributed by atoms with Gasteiger partial charge >= 0.3 is 15.6 Å². The zero-order valence-corrected chi connectivity index (χ0v) is 14.9. The first-order chi connectivity index (χ1) is 11.8. The minimum atomic E-state index is -5.84. The molecule has 0 aliphatic carbocycles. The SMILES string of the molecule is O=S(=O)(O)C(F)(F)F.O=[SH](O)(CCc1ccccc1)c1ccc(O)cc1. The smallest absolute Gasteiger partial charge is 0.508 e. The summed E-state index contributed by atoms with van der Waals surface area (Å²) in [5.41, 5.74) is -4.49. The van der Waals surface area contributed by atoms with Crippen LogP contribution in [0.1, 0.15) is 5.56 Å². The van der Waals surface area contributed by atoms with Crippen LogP contribution in [0, 0.1) is 0 Å². The van der Waals surface area contributed by atoms with E-state index in [1.54, 1.807) is 0 Å². The summed E-state index contributed by atoms with van der Waals surface area (Å²) in [5.74, 6) is 0.309. The van der Waals surface area contributed by atoms with Gasteiger partial charge in [0.15, 0.2) is 0 Å². The van der Waals surface area contributed by atoms with Crippen molar-refractivity contribution in [2.75, 3.05) is 5.75 Å². The van der Waals surface area contributed by atoms with Crippen LogP contribution in [0.3, 0.4) is 0 Å². The zero-order chi connectivity index (χ0) is 20.0. The number of halogens is 3. The molecule has 0 amide bonds. The van der Waals surface area contributed by atoms with Crippen molar-refractivity contribution in [3.05, 3.63) is 60.2 Å². The quantitative estimate of drug-likeness (QED) is 0.348. The summed E-state index contributed by atoms with van der Waals surface area (Å²) in [6.07, 6.45) is 0.565. The molecule has 2 rings (SSSR count). The number of alkyl halides is 3. The molecule has 0 heterocycles. The summed E-state index contributed by atoms with van der Waals surface area (Å²) in [4.78, 5) is 0.385. The Hall–Kier alpha value is -1.95. The molecule has 0 fully saturated rings. The van der Waals surface area contributed by atoms with Gasteiger partial charge in [0.1, 0.15) is 5.75 Å². The lowest BCUT2D eigenvalue weighted by Gasteiger charge is -2.22. The third kappa shape index (κ3) is 7.12. The zero-order valence-electron chi connectivity index (χ0n) is 13.2. The second-order valence-electron chi connectivity index (χ2n) is 5.10. The van der Waals surface area contributed by atoms with Crippen molar-refractivity contribution in [1.29, 1.82) is 0 Å². The van der Waals surface area contributed by atoms with Gasteiger partial charge in [-0.25, -0.2) is 4.21 Å². The van der Waals surface area contributed by atoms with E-state index < -0.39 is 25.8 Å². The van der Waals surface area contributed by atoms with Crippen LogP contribution in [-0.4, -0.2) is 38.1 Å². The van der Waals surface area contributed by atoms with Gasteiger partial charge in [-0.15, -0.1) is 0 Å². The lowest BCUT2D eigenvalue weighted by molar-refractivity contribution is -0.0510. The molecule has 0 saturated heterocycles. The second kappa shape index (κ2) is 8.62. The summed E-state index contributed by atoms with van der Waals surface area (Å²) in [5, 5.41) is 9.16. The van der Waals surface area contributed by atoms with E-state index in [4.69, 9.17) is 18.1 Å². The van der Waals surface area contributed by atoms with Gasteiger partial charge < -0.3 is 9.66 Å². The first-order valence-corrected chi connectivity index (χ1v) is 10.3. The Labute approximate surface area is 149 Å². The Morgan fingerprint density at radius 3 is 1.85 bits per heavy atom. The maximum Gasteiger partial charge on any atom is 0.522 e. The highest BCUT2D eigenvalue weighted by molar-refractivity contribution is 7.97. The highest BCUT2D eigenvalue weighted by Gasteiger charge is 2.44. The molecule has 0 spiro atoms. The standard InChI is InChI=1S/C14H16O3S.CHF3O3S/c15-13-6-8-14(9-7-13)18(16,17)11-10-12-4-2-1-3-5-12;2-1(3,4)8(5,6)7/h1-9,15,18H,10-11H2,(H,16,17);(H,5,6,7). The highest BCUT2D eigenvalue weighted by atomic mass is 32.3. The number of phenols is 1. The normalized spacial score (nSPS) is 12.8. The first kappa shape index (κ1) is 22.1. The van der Waals surface area contributed by atoms with Crippen LogP contribution in [0.4, 0.5) is 13.2 Å². The predicted octanol–water partition coefficient (Wildman–Crippen LogP) is 2.88. The van der Waals surface area contributed by atoms with E-state index in [0.29, 0.717) is 11.3 Å². The van der Waals surface area contributed by atoms with E-state index >= 15 is 0 Å². The molecule has 6 nitrogen and oxygen atoms in total. The average Bonchev–Trinajstić information content (AvgIpc) is 2.53. The van der Waals surface area contributed by atoms with Crippen LogP contribution in [0.25, 0.3) is 0 Å². The van der Waals surface area contributed by atoms with Crippen molar-refractivity contribution >= 4 is 20.3 Å². The molecule has 0 atom stereocenters. The molecular formula is C15H17F3O6S2. The largest absolute Gasteiger partial charge is 0.522 e. The summed E-state index contributed by atoms with van der Waals surface area (Å²) in [6.45, 7) is 0. The number of phenolic OH excluding ortho intramolecular Hbond substituents is 1. The lowest BCUT2D eigenvalue weighted by atomic mass is 10.2. The molecule has 11 heteroatoms. The third-order valence-electron chi connectivity index (χ3n) is 3.09. The molecule has 0 bridgehead atoms. The van der Waals surface area contributed by atoms with Crippen molar-refractivity contribution in [2.24, 2.45) is 0 Å². The lowest BCUT2D eigenvalue weighted by Crippen LogP contribution is -2.21. The minimum absolute atomic E-state index is 0.0989. The molecule has 0 unspecified atom stereocenters. The minimum Gasteiger partial charge on any atom is -0.508 e. The first-order valence-electron chi connectivity index (χ1n) is 7.02. The van der Waals surface area contributed by atoms with E-state index in [1.165, 1.54) is 24.3 Å². The van der Waals surface area contributed by atoms with Gasteiger partial charge in [0.25, 0.3) is 0 Å². The van der Waals surface area contributed by atoms with Gasteiger partial charge in [0, 0.05) is 5.75 Å². The molecular weight excluding hydrogens is 397 g/mol. The molecule has 2 aromatic carbocycles. The van der Waals surface area contributed by atoms with Crippen LogP contribution < -0.4 is 0 Å². The Balaban J connectivity index is 0.000000359. The molecule has 0 aromatic heterocycles. The highest BCUT2D eigenvalue weighted by Crippen LogP contribution is 2.21. The summed E-state index contributed by atoms with van der Waals surface area (Å²) in [6, 6.07) is 15.5. The van der Waals surface area contributed by atoms with Crippen LogP contribution in [0.5, 0.6) is 5.75 Å². The number of hydrogen-bond donors (Lipinski definition) is 4. The summed E-state index contributed by atoms with van der Waals surface area (Å²) < 4.78 is 79.7. The number of aromatic hydroxyl groups is 1. The molecule has 0 saturated carbocycles. The van der Waals surface area contributed by atoms with Gasteiger partial charge in [-0.3, -0.25) is 4.55 Å². The van der Waals surface area contributed by atoms with Crippen molar-refractivity contribution in [2.45, 2.75) is 16.8 Å². The molecule has 0 radical (unpaired) electrons. The number of rotatable bonds is 4. The maximum absolute atomic E-state index is 12.2. The fourth-order valence-electron chi connectivity index (χ4n) is 1.74. The number of benzene rings is 2. The Morgan fingerprint density at radius 2 is 1.42 bits per heavy atom. The van der Waals surface area contributed by atoms with Crippen LogP contribution in [0.15, 0.2) is 59.5 Å². The monoisotopic (exact) mass is 414 g/mol. The van der Waals surface area contributed by atoms with E-state index in [1.807, 2.05) is 30.3 Å². The fourth-order valence-corrected chi connectivity index (χ4v) is 3.17. The number of hydrogen-bond acceptors (Lipinski definition) is 4. The Bertz CT molecular complexity index is 849. The predicted molar refractivity (Wildman–Crippen MR) is 91.2 cm³/mol. The van der Waals surface area contributed by atoms with Crippen LogP contribution >= 0.6 is 0 Å². The molecule has 3 N–H and O–H groups in total. The fraction of sp³-hybridized carbons (Fsp3) is 0.200. The Morgan fingerprint density at radius 1 is 0.962 bits per heavy atom. The molecule has 26 heavy (non-hydrogen) atoms. The van der Waals surface area contributed by atoms with Crippen LogP contribution in [-0.2, 0) is 26.8 Å². The van der Waals surface area contributed by atoms with Gasteiger partial charge in [-0.1, -0.05) is 30.3 Å². The van der Waals surface area contributed by atoms with Crippen molar-refractivity contribution < 1.29 is 40.0 Å². The molecule has 2 aromatic rings. The van der Waals surface area contributed by atoms with Crippen molar-refractivity contribution in [3.63, 3.8) is 0 Å². The van der Waals surface area contributed by atoms with E-state index in [9.17, 15) is 21.9 Å². The second-order valence-corrected chi connectivity index (χ2v) is 8.88. The van der Waals surface area contributed by atoms with E-state index in [-0.39, 0.29) is 11.5 Å². The van der Waals surface area contributed by atoms with Gasteiger partial charge in [0.05, 0.1) is 4.90 Å². The maximum atomic E-state index is 12.2. The van der Waals surface area contributed by atoms with Crippen molar-refractivity contribution in [1.82, 2.24) is 0 Å². The number of thiol groups is 1. The van der Waals surface area contributed by atoms with Crippen molar-refractivity contribution in [3.8, 4) is 5.75 Å². The van der Waals surface area contributed by atoms with Gasteiger partial charge in [-0.2, -0.15) is 31.8 Å². The van der Waals surface area contributed by atoms with Gasteiger partial charge in [-0.05, 0) is 36.2 Å². The summed E-state index contributed by atoms with van der Waals surface area (Å²) in [7, 11) is -9.18. The molecule has 0 aliphatic heterocycles. The topological polar surface area (TPSA) is 112 Å². The summed E-state index contributed by atoms with van der Waals surface area (Å²) >= 11 is 0. The van der Waals surface area contributed by atoms with Crippen LogP contribution in [0.2, 0.25) is 0 Å². The molecule has 146 valence electrons. The third-order valence-corrected chi connectivity index (χ3v) is 5.61. The average molecular weight is 414 g/mol. The Kier molecular flexibility index (Phi) is 7.33. The number of aryl methyl sites for hydroxylation is 1. The molecule has 0 aliphatic rings. The van der Waals surface area contributed by atoms with E-state index in [0.717, 1.165) is 5.56 Å².